The van der Waals surface area contributed by atoms with E-state index in [9.17, 15) is 4.79 Å². The van der Waals surface area contributed by atoms with E-state index in [1.54, 1.807) is 6.92 Å². The van der Waals surface area contributed by atoms with Crippen LogP contribution in [0.25, 0.3) is 0 Å². The van der Waals surface area contributed by atoms with Gasteiger partial charge in [-0.2, -0.15) is 0 Å². The molecule has 0 aromatic heterocycles. The number of ketones is 1. The number of halogens is 1. The Hall–Kier alpha value is -0.300. The molecular formula is C9H15ClO. The zero-order valence-corrected chi connectivity index (χ0v) is 7.73. The second kappa shape index (κ2) is 7.80. The molecule has 64 valence electrons. The highest BCUT2D eigenvalue weighted by Gasteiger charge is 1.87. The van der Waals surface area contributed by atoms with Gasteiger partial charge >= 0.3 is 0 Å². The number of unbranched alkanes of at least 4 members (excludes halogenated alkanes) is 1. The van der Waals surface area contributed by atoms with Crippen molar-refractivity contribution in [1.29, 1.82) is 0 Å². The average molecular weight is 175 g/mol. The van der Waals surface area contributed by atoms with Crippen molar-refractivity contribution in [2.45, 2.75) is 32.6 Å². The van der Waals surface area contributed by atoms with Crippen molar-refractivity contribution in [3.8, 4) is 0 Å². The molecule has 0 saturated carbocycles. The lowest BCUT2D eigenvalue weighted by molar-refractivity contribution is -0.116. The minimum atomic E-state index is 0.256. The monoisotopic (exact) mass is 174 g/mol. The molecule has 1 nitrogen and oxygen atoms in total. The highest BCUT2D eigenvalue weighted by atomic mass is 35.5. The Labute approximate surface area is 73.4 Å². The maximum atomic E-state index is 10.5. The molecule has 0 aliphatic rings. The summed E-state index contributed by atoms with van der Waals surface area (Å²) < 4.78 is 0. The van der Waals surface area contributed by atoms with Crippen LogP contribution >= 0.6 is 11.6 Å². The number of hydrogen-bond acceptors (Lipinski definition) is 1. The maximum absolute atomic E-state index is 10.5. The van der Waals surface area contributed by atoms with E-state index in [0.29, 0.717) is 6.42 Å². The lowest BCUT2D eigenvalue weighted by atomic mass is 10.2. The summed E-state index contributed by atoms with van der Waals surface area (Å²) in [7, 11) is 0. The normalized spacial score (nSPS) is 10.7. The Balaban J connectivity index is 3.10. The minimum Gasteiger partial charge on any atom is -0.300 e. The fourth-order valence-corrected chi connectivity index (χ4v) is 0.872. The second-order valence-electron chi connectivity index (χ2n) is 2.54. The topological polar surface area (TPSA) is 17.1 Å². The summed E-state index contributed by atoms with van der Waals surface area (Å²) in [5.74, 6) is 0.976. The van der Waals surface area contributed by atoms with Crippen molar-refractivity contribution in [1.82, 2.24) is 0 Å². The molecule has 0 spiro atoms. The molecule has 0 aromatic carbocycles. The van der Waals surface area contributed by atoms with Gasteiger partial charge in [0.15, 0.2) is 0 Å². The van der Waals surface area contributed by atoms with E-state index < -0.39 is 0 Å². The predicted molar refractivity (Wildman–Crippen MR) is 49.0 cm³/mol. The van der Waals surface area contributed by atoms with Crippen molar-refractivity contribution in [2.24, 2.45) is 0 Å². The predicted octanol–water partition coefficient (Wildman–Crippen LogP) is 2.93. The van der Waals surface area contributed by atoms with Gasteiger partial charge in [0.05, 0.1) is 0 Å². The lowest BCUT2D eigenvalue weighted by Crippen LogP contribution is -1.86. The summed E-state index contributed by atoms with van der Waals surface area (Å²) in [6, 6.07) is 0. The highest BCUT2D eigenvalue weighted by molar-refractivity contribution is 6.17. The molecule has 0 aromatic rings. The van der Waals surface area contributed by atoms with E-state index in [2.05, 4.69) is 6.08 Å². The molecule has 0 bridgehead atoms. The molecule has 2 heteroatoms. The van der Waals surface area contributed by atoms with Gasteiger partial charge in [0, 0.05) is 12.3 Å². The van der Waals surface area contributed by atoms with E-state index in [-0.39, 0.29) is 5.78 Å². The summed E-state index contributed by atoms with van der Waals surface area (Å²) in [6.07, 6.45) is 7.73. The molecule has 11 heavy (non-hydrogen) atoms. The summed E-state index contributed by atoms with van der Waals surface area (Å²) in [6.45, 7) is 1.62. The number of carbonyl (C=O) groups is 1. The van der Waals surface area contributed by atoms with Gasteiger partial charge in [0.25, 0.3) is 0 Å². The van der Waals surface area contributed by atoms with Gasteiger partial charge in [-0.05, 0) is 26.2 Å². The van der Waals surface area contributed by atoms with E-state index in [1.165, 1.54) is 0 Å². The molecule has 0 aliphatic heterocycles. The Morgan fingerprint density at radius 3 is 2.55 bits per heavy atom. The summed E-state index contributed by atoms with van der Waals surface area (Å²) in [4.78, 5) is 10.5. The molecule has 0 amide bonds. The van der Waals surface area contributed by atoms with Crippen LogP contribution in [0, 0.1) is 0 Å². The molecule has 0 saturated heterocycles. The molecule has 0 atom stereocenters. The molecule has 0 fully saturated rings. The highest BCUT2D eigenvalue weighted by Crippen LogP contribution is 1.97. The fourth-order valence-electron chi connectivity index (χ4n) is 0.717. The quantitative estimate of drug-likeness (QED) is 0.344. The van der Waals surface area contributed by atoms with Crippen LogP contribution in [0.2, 0.25) is 0 Å². The zero-order chi connectivity index (χ0) is 8.53. The summed E-state index contributed by atoms with van der Waals surface area (Å²) >= 11 is 5.48. The molecule has 0 aliphatic carbocycles. The molecular weight excluding hydrogens is 160 g/mol. The number of rotatable bonds is 6. The van der Waals surface area contributed by atoms with Crippen molar-refractivity contribution in [2.75, 3.05) is 5.88 Å². The number of alkyl halides is 1. The van der Waals surface area contributed by atoms with Gasteiger partial charge in [-0.25, -0.2) is 0 Å². The fraction of sp³-hybridized carbons (Fsp3) is 0.667. The van der Waals surface area contributed by atoms with Crippen molar-refractivity contribution in [3.05, 3.63) is 12.2 Å². The van der Waals surface area contributed by atoms with Gasteiger partial charge in [0.1, 0.15) is 5.78 Å². The third-order valence-corrected chi connectivity index (χ3v) is 1.60. The first kappa shape index (κ1) is 10.7. The number of Topliss-reactive ketones (excluding diaryl/α,β-unsaturated/α-hetero) is 1. The van der Waals surface area contributed by atoms with Crippen LogP contribution < -0.4 is 0 Å². The molecule has 0 radical (unpaired) electrons. The first-order valence-corrected chi connectivity index (χ1v) is 4.51. The third-order valence-electron chi connectivity index (χ3n) is 1.33. The zero-order valence-electron chi connectivity index (χ0n) is 6.98. The van der Waals surface area contributed by atoms with Gasteiger partial charge in [-0.1, -0.05) is 12.2 Å². The standard InChI is InChI=1S/C9H15ClO/c1-9(11)7-5-3-2-4-6-8-10/h2-3H,4-8H2,1H3. The smallest absolute Gasteiger partial charge is 0.130 e. The number of allylic oxidation sites excluding steroid dienone is 2. The number of carbonyl (C=O) groups excluding carboxylic acids is 1. The second-order valence-corrected chi connectivity index (χ2v) is 2.92. The Morgan fingerprint density at radius 2 is 2.00 bits per heavy atom. The first-order chi connectivity index (χ1) is 5.27. The van der Waals surface area contributed by atoms with Gasteiger partial charge in [-0.15, -0.1) is 11.6 Å². The van der Waals surface area contributed by atoms with Crippen LogP contribution in [0.3, 0.4) is 0 Å². The van der Waals surface area contributed by atoms with Crippen molar-refractivity contribution < 1.29 is 4.79 Å². The van der Waals surface area contributed by atoms with Crippen LogP contribution in [0.4, 0.5) is 0 Å². The summed E-state index contributed by atoms with van der Waals surface area (Å²) in [5.41, 5.74) is 0. The Morgan fingerprint density at radius 1 is 1.36 bits per heavy atom. The Kier molecular flexibility index (Phi) is 7.59. The average Bonchev–Trinajstić information content (AvgIpc) is 1.96. The third kappa shape index (κ3) is 9.70. The summed E-state index contributed by atoms with van der Waals surface area (Å²) in [5, 5.41) is 0. The van der Waals surface area contributed by atoms with E-state index in [1.807, 2.05) is 6.08 Å². The van der Waals surface area contributed by atoms with Gasteiger partial charge < -0.3 is 4.79 Å². The van der Waals surface area contributed by atoms with Crippen molar-refractivity contribution in [3.63, 3.8) is 0 Å². The maximum Gasteiger partial charge on any atom is 0.130 e. The van der Waals surface area contributed by atoms with Crippen LogP contribution in [-0.4, -0.2) is 11.7 Å². The molecule has 0 unspecified atom stereocenters. The first-order valence-electron chi connectivity index (χ1n) is 3.97. The minimum absolute atomic E-state index is 0.256. The van der Waals surface area contributed by atoms with Gasteiger partial charge in [0.2, 0.25) is 0 Å². The van der Waals surface area contributed by atoms with Crippen LogP contribution in [-0.2, 0) is 4.79 Å². The van der Waals surface area contributed by atoms with Crippen LogP contribution in [0.1, 0.15) is 32.6 Å². The van der Waals surface area contributed by atoms with Crippen LogP contribution in [0.5, 0.6) is 0 Å². The molecule has 0 heterocycles. The SMILES string of the molecule is CC(=O)CCC=CCCCCl. The van der Waals surface area contributed by atoms with Gasteiger partial charge in [-0.3, -0.25) is 0 Å². The molecule has 0 N–H and O–H groups in total. The lowest BCUT2D eigenvalue weighted by Gasteiger charge is -1.88. The van der Waals surface area contributed by atoms with Crippen LogP contribution in [0.15, 0.2) is 12.2 Å². The van der Waals surface area contributed by atoms with Crippen molar-refractivity contribution >= 4 is 17.4 Å². The Bertz CT molecular complexity index is 130. The number of hydrogen-bond donors (Lipinski definition) is 0. The van der Waals surface area contributed by atoms with E-state index >= 15 is 0 Å². The van der Waals surface area contributed by atoms with E-state index in [4.69, 9.17) is 11.6 Å². The largest absolute Gasteiger partial charge is 0.300 e. The molecule has 0 rings (SSSR count). The van der Waals surface area contributed by atoms with E-state index in [0.717, 1.165) is 25.1 Å².